The van der Waals surface area contributed by atoms with E-state index < -0.39 is 0 Å². The zero-order valence-electron chi connectivity index (χ0n) is 25.8. The first-order chi connectivity index (χ1) is 23.2. The Labute approximate surface area is 294 Å². The van der Waals surface area contributed by atoms with Gasteiger partial charge >= 0.3 is 21.1 Å². The molecule has 48 heavy (non-hydrogen) atoms. The summed E-state index contributed by atoms with van der Waals surface area (Å²) in [5.41, 5.74) is 8.13. The quantitative estimate of drug-likeness (QED) is 0.148. The van der Waals surface area contributed by atoms with Crippen LogP contribution in [0.4, 0.5) is 38.5 Å². The molecule has 2 nitrogen and oxygen atoms in total. The number of hydrogen-bond acceptors (Lipinski definition) is 2. The van der Waals surface area contributed by atoms with Gasteiger partial charge in [-0.15, -0.1) is 58.6 Å². The third kappa shape index (κ3) is 5.90. The van der Waals surface area contributed by atoms with Crippen LogP contribution >= 0.6 is 0 Å². The number of para-hydroxylation sites is 2. The molecule has 0 heterocycles. The van der Waals surface area contributed by atoms with Crippen molar-refractivity contribution in [3.8, 4) is 11.1 Å². The smallest absolute Gasteiger partial charge is 0.351 e. The Morgan fingerprint density at radius 2 is 0.917 bits per heavy atom. The Hall–Kier alpha value is -5.50. The summed E-state index contributed by atoms with van der Waals surface area (Å²) in [4.78, 5) is 4.47. The second-order valence-electron chi connectivity index (χ2n) is 11.4. The maximum atomic E-state index is 14.9. The average molecular weight is 800 g/mol. The molecule has 0 N–H and O–H groups in total. The summed E-state index contributed by atoms with van der Waals surface area (Å²) in [6.45, 7) is 0. The van der Waals surface area contributed by atoms with Crippen LogP contribution < -0.4 is 9.80 Å². The van der Waals surface area contributed by atoms with Crippen molar-refractivity contribution >= 4 is 55.7 Å². The first-order valence-electron chi connectivity index (χ1n) is 15.6. The third-order valence-electron chi connectivity index (χ3n) is 8.48. The molecule has 8 aromatic rings. The van der Waals surface area contributed by atoms with Crippen molar-refractivity contribution in [3.63, 3.8) is 0 Å². The van der Waals surface area contributed by atoms with Crippen molar-refractivity contribution in [2.24, 2.45) is 0 Å². The van der Waals surface area contributed by atoms with Gasteiger partial charge in [-0.25, -0.2) is 4.39 Å². The first kappa shape index (κ1) is 31.1. The van der Waals surface area contributed by atoms with Crippen LogP contribution in [0.1, 0.15) is 0 Å². The summed E-state index contributed by atoms with van der Waals surface area (Å²) in [6.07, 6.45) is 0. The molecular formula is C44H29FN2Pt+2. The minimum Gasteiger partial charge on any atom is -0.351 e. The molecule has 0 unspecified atom stereocenters. The molecule has 0 spiro atoms. The van der Waals surface area contributed by atoms with Crippen LogP contribution in [0.25, 0.3) is 32.7 Å². The summed E-state index contributed by atoms with van der Waals surface area (Å²) < 4.78 is 14.9. The van der Waals surface area contributed by atoms with Gasteiger partial charge < -0.3 is 9.80 Å². The standard InChI is InChI=1S/C44H29FN2.Pt/c45-42-27-12-26-41-40(42)25-13-29-44(41)47(36-20-5-2-6-21-36)38-23-10-17-34(31-38)33-16-9-22-37(30-33)46(35-18-3-1-4-19-35)43-28-11-15-32-14-7-8-24-39(32)43;/h1-23,25,27-31H;/q-2;+4. The van der Waals surface area contributed by atoms with Gasteiger partial charge in [0.1, 0.15) is 0 Å². The fraction of sp³-hybridized carbons (Fsp3) is 0. The fourth-order valence-corrected chi connectivity index (χ4v) is 6.35. The monoisotopic (exact) mass is 799 g/mol. The summed E-state index contributed by atoms with van der Waals surface area (Å²) in [7, 11) is 0. The number of fused-ring (bicyclic) bond motifs is 2. The summed E-state index contributed by atoms with van der Waals surface area (Å²) >= 11 is 0. The van der Waals surface area contributed by atoms with Crippen LogP contribution in [0.2, 0.25) is 0 Å². The zero-order valence-corrected chi connectivity index (χ0v) is 28.1. The van der Waals surface area contributed by atoms with Gasteiger partial charge in [0.25, 0.3) is 0 Å². The number of hydrogen-bond donors (Lipinski definition) is 0. The number of rotatable bonds is 7. The fourth-order valence-electron chi connectivity index (χ4n) is 6.35. The van der Waals surface area contributed by atoms with E-state index in [0.717, 1.165) is 61.4 Å². The number of anilines is 6. The summed E-state index contributed by atoms with van der Waals surface area (Å²) in [6, 6.07) is 65.9. The Kier molecular flexibility index (Phi) is 8.88. The van der Waals surface area contributed by atoms with Gasteiger partial charge in [0.15, 0.2) is 0 Å². The van der Waals surface area contributed by atoms with Crippen molar-refractivity contribution in [3.05, 3.63) is 194 Å². The second-order valence-corrected chi connectivity index (χ2v) is 11.4. The predicted octanol–water partition coefficient (Wildman–Crippen LogP) is 12.3. The molecule has 0 aromatic heterocycles. The summed E-state index contributed by atoms with van der Waals surface area (Å²) in [5, 5.41) is 3.48. The number of nitrogens with zero attached hydrogens (tertiary/aromatic N) is 2. The molecule has 0 fully saturated rings. The van der Waals surface area contributed by atoms with Crippen LogP contribution in [-0.4, -0.2) is 0 Å². The molecule has 4 heteroatoms. The Morgan fingerprint density at radius 1 is 0.417 bits per heavy atom. The topological polar surface area (TPSA) is 6.48 Å². The SMILES string of the molecule is Fc1cc[c-]c2c(N(c3ccccc3)c3cccc(-c4cccc(N(c5ccccc5)c5cccc6ccc[c-]c56)c4)c3)cccc12.[Pt+4]. The molecule has 0 amide bonds. The predicted molar refractivity (Wildman–Crippen MR) is 194 cm³/mol. The van der Waals surface area contributed by atoms with E-state index in [0.29, 0.717) is 5.39 Å². The molecule has 0 atom stereocenters. The van der Waals surface area contributed by atoms with Crippen LogP contribution in [0.3, 0.4) is 0 Å². The minimum atomic E-state index is -0.258. The largest absolute Gasteiger partial charge is 4.00 e. The van der Waals surface area contributed by atoms with Gasteiger partial charge in [0, 0.05) is 28.6 Å². The normalized spacial score (nSPS) is 10.9. The molecule has 0 aliphatic carbocycles. The molecule has 0 aliphatic rings. The van der Waals surface area contributed by atoms with E-state index >= 15 is 0 Å². The van der Waals surface area contributed by atoms with Crippen molar-refractivity contribution in [1.29, 1.82) is 0 Å². The van der Waals surface area contributed by atoms with Gasteiger partial charge in [-0.05, 0) is 71.0 Å². The first-order valence-corrected chi connectivity index (χ1v) is 15.6. The third-order valence-corrected chi connectivity index (χ3v) is 8.48. The molecular weight excluding hydrogens is 771 g/mol. The second kappa shape index (κ2) is 13.7. The Balaban J connectivity index is 0.00000364. The van der Waals surface area contributed by atoms with E-state index in [2.05, 4.69) is 131 Å². The van der Waals surface area contributed by atoms with Crippen molar-refractivity contribution in [2.45, 2.75) is 0 Å². The van der Waals surface area contributed by atoms with Gasteiger partial charge in [-0.2, -0.15) is 0 Å². The summed E-state index contributed by atoms with van der Waals surface area (Å²) in [5.74, 6) is -0.258. The van der Waals surface area contributed by atoms with E-state index in [1.54, 1.807) is 6.07 Å². The minimum absolute atomic E-state index is 0. The maximum absolute atomic E-state index is 14.9. The molecule has 8 aromatic carbocycles. The number of benzene rings is 8. The van der Waals surface area contributed by atoms with Gasteiger partial charge in [0.2, 0.25) is 0 Å². The zero-order chi connectivity index (χ0) is 31.6. The molecule has 0 radical (unpaired) electrons. The van der Waals surface area contributed by atoms with E-state index in [4.69, 9.17) is 0 Å². The van der Waals surface area contributed by atoms with Crippen LogP contribution in [0, 0.1) is 17.9 Å². The molecule has 0 aliphatic heterocycles. The van der Waals surface area contributed by atoms with Crippen molar-refractivity contribution in [2.75, 3.05) is 9.80 Å². The molecule has 0 saturated heterocycles. The van der Waals surface area contributed by atoms with E-state index in [9.17, 15) is 4.39 Å². The number of halogens is 1. The van der Waals surface area contributed by atoms with Gasteiger partial charge in [0.05, 0.1) is 0 Å². The van der Waals surface area contributed by atoms with Crippen LogP contribution in [-0.2, 0) is 21.1 Å². The molecule has 8 rings (SSSR count). The van der Waals surface area contributed by atoms with Crippen molar-refractivity contribution in [1.82, 2.24) is 0 Å². The maximum Gasteiger partial charge on any atom is 4.00 e. The molecule has 230 valence electrons. The van der Waals surface area contributed by atoms with E-state index in [-0.39, 0.29) is 26.9 Å². The Bertz CT molecular complexity index is 2330. The van der Waals surface area contributed by atoms with E-state index in [1.807, 2.05) is 54.6 Å². The van der Waals surface area contributed by atoms with E-state index in [1.165, 1.54) is 6.07 Å². The van der Waals surface area contributed by atoms with Crippen LogP contribution in [0.15, 0.2) is 176 Å². The van der Waals surface area contributed by atoms with Gasteiger partial charge in [-0.1, -0.05) is 102 Å². The Morgan fingerprint density at radius 3 is 1.54 bits per heavy atom. The molecule has 0 saturated carbocycles. The van der Waals surface area contributed by atoms with Gasteiger partial charge in [-0.3, -0.25) is 0 Å². The average Bonchev–Trinajstić information content (AvgIpc) is 3.14. The van der Waals surface area contributed by atoms with Crippen molar-refractivity contribution < 1.29 is 25.5 Å². The molecule has 0 bridgehead atoms. The van der Waals surface area contributed by atoms with Crippen LogP contribution in [0.5, 0.6) is 0 Å².